The lowest BCUT2D eigenvalue weighted by molar-refractivity contribution is 0.101. The van der Waals surface area contributed by atoms with Gasteiger partial charge < -0.3 is 16.0 Å². The minimum atomic E-state index is -0.493. The Bertz CT molecular complexity index is 3480. The number of hydrogen-bond donors (Lipinski definition) is 3. The smallest absolute Gasteiger partial charge is 0.277 e. The normalized spacial score (nSPS) is 12.0. The van der Waals surface area contributed by atoms with Crippen LogP contribution >= 0.6 is 0 Å². The van der Waals surface area contributed by atoms with Crippen LogP contribution in [0.1, 0.15) is 84.1 Å². The maximum absolute atomic E-state index is 13.8. The molecule has 7 aromatic carbocycles. The molecule has 3 N–H and O–H groups in total. The summed E-state index contributed by atoms with van der Waals surface area (Å²) >= 11 is 0. The highest BCUT2D eigenvalue weighted by Crippen LogP contribution is 2.37. The van der Waals surface area contributed by atoms with Crippen molar-refractivity contribution in [1.29, 1.82) is 0 Å². The van der Waals surface area contributed by atoms with Crippen LogP contribution in [0.3, 0.4) is 0 Å². The molecule has 3 aromatic heterocycles. The predicted octanol–water partition coefficient (Wildman–Crippen LogP) is 9.68. The van der Waals surface area contributed by atoms with Gasteiger partial charge in [0.1, 0.15) is 0 Å². The molecular formula is C51H44N12O3. The fourth-order valence-electron chi connectivity index (χ4n) is 8.00. The SMILES string of the molecule is CC(C)(C)c1cc(NC(=O)c2cn(-c3cc(NC(=O)c4cn(-c5ccc6ccc7cccc8ccc5c6c78)nn4)cc(C(C)(C)C)c3)nn2)cc(-n2cc(C(=O)Nc3ccccc3)nn2)c1. The molecule has 15 heteroatoms. The average Bonchev–Trinajstić information content (AvgIpc) is 4.11. The number of nitrogens with one attached hydrogen (secondary N) is 3. The van der Waals surface area contributed by atoms with Crippen LogP contribution < -0.4 is 16.0 Å². The zero-order valence-electron chi connectivity index (χ0n) is 37.0. The molecule has 0 aliphatic carbocycles. The number of benzene rings is 7. The molecule has 66 heavy (non-hydrogen) atoms. The lowest BCUT2D eigenvalue weighted by atomic mass is 9.86. The van der Waals surface area contributed by atoms with E-state index in [1.54, 1.807) is 35.1 Å². The maximum atomic E-state index is 13.8. The van der Waals surface area contributed by atoms with Gasteiger partial charge in [0.25, 0.3) is 17.7 Å². The van der Waals surface area contributed by atoms with Crippen molar-refractivity contribution in [3.63, 3.8) is 0 Å². The summed E-state index contributed by atoms with van der Waals surface area (Å²) in [5.74, 6) is -1.34. The first kappa shape index (κ1) is 41.4. The third-order valence-corrected chi connectivity index (χ3v) is 11.6. The molecular weight excluding hydrogens is 829 g/mol. The van der Waals surface area contributed by atoms with Crippen molar-refractivity contribution in [1.82, 2.24) is 45.0 Å². The van der Waals surface area contributed by atoms with E-state index >= 15 is 0 Å². The minimum Gasteiger partial charge on any atom is -0.321 e. The highest BCUT2D eigenvalue weighted by Gasteiger charge is 2.23. The maximum Gasteiger partial charge on any atom is 0.277 e. The summed E-state index contributed by atoms with van der Waals surface area (Å²) in [4.78, 5) is 40.6. The Kier molecular flexibility index (Phi) is 9.97. The van der Waals surface area contributed by atoms with Crippen molar-refractivity contribution < 1.29 is 14.4 Å². The zero-order chi connectivity index (χ0) is 45.9. The summed E-state index contributed by atoms with van der Waals surface area (Å²) in [6.45, 7) is 12.4. The van der Waals surface area contributed by atoms with E-state index in [0.29, 0.717) is 28.4 Å². The topological polar surface area (TPSA) is 179 Å². The summed E-state index contributed by atoms with van der Waals surface area (Å²) in [6.07, 6.45) is 4.71. The van der Waals surface area contributed by atoms with Crippen molar-refractivity contribution in [2.75, 3.05) is 16.0 Å². The summed E-state index contributed by atoms with van der Waals surface area (Å²) in [5.41, 5.74) is 5.14. The third-order valence-electron chi connectivity index (χ3n) is 11.6. The Morgan fingerprint density at radius 3 is 1.39 bits per heavy atom. The molecule has 326 valence electrons. The second kappa shape index (κ2) is 15.9. The van der Waals surface area contributed by atoms with Crippen molar-refractivity contribution >= 4 is 67.1 Å². The van der Waals surface area contributed by atoms with Crippen LogP contribution in [0.5, 0.6) is 0 Å². The average molecular weight is 873 g/mol. The molecule has 0 aliphatic heterocycles. The van der Waals surface area contributed by atoms with E-state index in [2.05, 4.69) is 137 Å². The van der Waals surface area contributed by atoms with Crippen LogP contribution in [0.2, 0.25) is 0 Å². The van der Waals surface area contributed by atoms with Crippen molar-refractivity contribution in [2.45, 2.75) is 52.4 Å². The van der Waals surface area contributed by atoms with E-state index in [0.717, 1.165) is 43.7 Å². The van der Waals surface area contributed by atoms with Gasteiger partial charge in [-0.15, -0.1) is 15.3 Å². The fraction of sp³-hybridized carbons (Fsp3) is 0.157. The summed E-state index contributed by atoms with van der Waals surface area (Å²) in [6, 6.07) is 39.1. The third kappa shape index (κ3) is 7.98. The van der Waals surface area contributed by atoms with Crippen LogP contribution in [0, 0.1) is 0 Å². The van der Waals surface area contributed by atoms with Gasteiger partial charge >= 0.3 is 0 Å². The number of nitrogens with zero attached hydrogens (tertiary/aromatic N) is 9. The summed E-state index contributed by atoms with van der Waals surface area (Å²) < 4.78 is 4.63. The van der Waals surface area contributed by atoms with Gasteiger partial charge in [0, 0.05) is 22.4 Å². The molecule has 15 nitrogen and oxygen atoms in total. The number of hydrogen-bond acceptors (Lipinski definition) is 9. The van der Waals surface area contributed by atoms with E-state index in [4.69, 9.17) is 0 Å². The Labute approximate surface area is 378 Å². The molecule has 0 atom stereocenters. The number of para-hydroxylation sites is 1. The van der Waals surface area contributed by atoms with Gasteiger partial charge in [-0.3, -0.25) is 14.4 Å². The van der Waals surface area contributed by atoms with Crippen molar-refractivity contribution in [2.24, 2.45) is 0 Å². The predicted molar refractivity (Wildman–Crippen MR) is 255 cm³/mol. The highest BCUT2D eigenvalue weighted by molar-refractivity contribution is 6.24. The van der Waals surface area contributed by atoms with Crippen molar-refractivity contribution in [3.8, 4) is 17.1 Å². The van der Waals surface area contributed by atoms with E-state index in [9.17, 15) is 14.4 Å². The fourth-order valence-corrected chi connectivity index (χ4v) is 8.00. The van der Waals surface area contributed by atoms with Crippen LogP contribution in [0.25, 0.3) is 49.4 Å². The molecule has 0 aliphatic rings. The number of rotatable bonds is 9. The molecule has 0 bridgehead atoms. The molecule has 3 heterocycles. The van der Waals surface area contributed by atoms with E-state index in [1.807, 2.05) is 48.5 Å². The Morgan fingerprint density at radius 2 is 0.879 bits per heavy atom. The molecule has 0 spiro atoms. The summed E-state index contributed by atoms with van der Waals surface area (Å²) in [7, 11) is 0. The van der Waals surface area contributed by atoms with Gasteiger partial charge in [-0.2, -0.15) is 0 Å². The second-order valence-electron chi connectivity index (χ2n) is 18.4. The lowest BCUT2D eigenvalue weighted by Gasteiger charge is -2.21. The lowest BCUT2D eigenvalue weighted by Crippen LogP contribution is -2.16. The number of amides is 3. The molecule has 0 fully saturated rings. The number of aromatic nitrogens is 9. The molecule has 10 aromatic rings. The van der Waals surface area contributed by atoms with Gasteiger partial charge in [0.15, 0.2) is 17.1 Å². The Morgan fingerprint density at radius 1 is 0.439 bits per heavy atom. The van der Waals surface area contributed by atoms with E-state index in [1.165, 1.54) is 27.1 Å². The number of carbonyl (C=O) groups excluding carboxylic acids is 3. The van der Waals surface area contributed by atoms with E-state index < -0.39 is 17.7 Å². The quantitative estimate of drug-likeness (QED) is 0.119. The molecule has 0 unspecified atom stereocenters. The molecule has 0 saturated heterocycles. The van der Waals surface area contributed by atoms with E-state index in [-0.39, 0.29) is 27.9 Å². The largest absolute Gasteiger partial charge is 0.321 e. The summed E-state index contributed by atoms with van der Waals surface area (Å²) in [5, 5.41) is 41.1. The molecule has 3 amide bonds. The van der Waals surface area contributed by atoms with Gasteiger partial charge in [0.05, 0.1) is 35.7 Å². The van der Waals surface area contributed by atoms with Crippen LogP contribution in [0.15, 0.2) is 140 Å². The monoisotopic (exact) mass is 872 g/mol. The van der Waals surface area contributed by atoms with Gasteiger partial charge in [-0.1, -0.05) is 124 Å². The van der Waals surface area contributed by atoms with Gasteiger partial charge in [-0.25, -0.2) is 14.0 Å². The minimum absolute atomic E-state index is 0.0634. The van der Waals surface area contributed by atoms with Crippen LogP contribution in [-0.4, -0.2) is 62.7 Å². The Balaban J connectivity index is 0.889. The second-order valence-corrected chi connectivity index (χ2v) is 18.4. The highest BCUT2D eigenvalue weighted by atomic mass is 16.2. The number of anilines is 3. The van der Waals surface area contributed by atoms with Gasteiger partial charge in [0.2, 0.25) is 0 Å². The number of carbonyl (C=O) groups is 3. The van der Waals surface area contributed by atoms with Crippen molar-refractivity contribution in [3.05, 3.63) is 168 Å². The molecule has 0 saturated carbocycles. The van der Waals surface area contributed by atoms with Crippen LogP contribution in [-0.2, 0) is 10.8 Å². The Hall–Kier alpha value is -8.59. The zero-order valence-corrected chi connectivity index (χ0v) is 37.0. The molecule has 10 rings (SSSR count). The first-order chi connectivity index (χ1) is 31.6. The van der Waals surface area contributed by atoms with Gasteiger partial charge in [-0.05, 0) is 103 Å². The first-order valence-electron chi connectivity index (χ1n) is 21.4. The molecule has 0 radical (unpaired) electrons. The first-order valence-corrected chi connectivity index (χ1v) is 21.4. The standard InChI is InChI=1S/C51H44N12O3/c1-50(2,3)33-21-36(25-38(23-33)61-27-41(55-58-61)47(64)52-35-13-8-7-9-14-35)53-48(65)42-28-62(59-56-42)39-24-34(51(4,5)6)22-37(26-39)54-49(66)43-29-63(60-57-43)44-20-18-32-16-15-30-11-10-12-31-17-19-40(44)46(32)45(30)31/h7-29H,1-6H3,(H,52,64)(H,53,65)(H,54,66). The van der Waals surface area contributed by atoms with Crippen LogP contribution in [0.4, 0.5) is 17.1 Å².